The number of rotatable bonds is 8. The summed E-state index contributed by atoms with van der Waals surface area (Å²) in [6, 6.07) is 18.3. The number of hydrogen-bond donors (Lipinski definition) is 1. The number of benzene rings is 2. The summed E-state index contributed by atoms with van der Waals surface area (Å²) < 4.78 is 12.3. The van der Waals surface area contributed by atoms with Gasteiger partial charge in [-0.05, 0) is 49.7 Å². The van der Waals surface area contributed by atoms with Gasteiger partial charge in [-0.25, -0.2) is 14.3 Å². The number of ether oxygens (including phenoxy) is 2. The monoisotopic (exact) mass is 579 g/mol. The zero-order valence-electron chi connectivity index (χ0n) is 20.9. The highest BCUT2D eigenvalue weighted by atomic mass is 35.5. The summed E-state index contributed by atoms with van der Waals surface area (Å²) in [4.78, 5) is 39.4. The molecule has 1 amide bonds. The van der Waals surface area contributed by atoms with Crippen LogP contribution in [0.4, 0.5) is 5.00 Å². The maximum absolute atomic E-state index is 12.8. The van der Waals surface area contributed by atoms with E-state index in [9.17, 15) is 14.4 Å². The number of nitrogens with one attached hydrogen (secondary N) is 1. The Bertz CT molecular complexity index is 1670. The van der Waals surface area contributed by atoms with Crippen LogP contribution in [0.5, 0.6) is 0 Å². The number of hydrogen-bond acceptors (Lipinski definition) is 8. The van der Waals surface area contributed by atoms with Crippen LogP contribution in [0, 0.1) is 6.92 Å². The molecular weight excluding hydrogens is 558 g/mol. The van der Waals surface area contributed by atoms with Crippen molar-refractivity contribution in [2.45, 2.75) is 13.8 Å². The summed E-state index contributed by atoms with van der Waals surface area (Å²) >= 11 is 8.43. The number of aromatic nitrogens is 2. The lowest BCUT2D eigenvalue weighted by molar-refractivity contribution is -0.119. The zero-order chi connectivity index (χ0) is 27.5. The van der Waals surface area contributed by atoms with E-state index in [1.807, 2.05) is 49.4 Å². The summed E-state index contributed by atoms with van der Waals surface area (Å²) in [5.41, 5.74) is 3.30. The maximum atomic E-state index is 12.8. The normalized spacial score (nSPS) is 10.9. The summed E-state index contributed by atoms with van der Waals surface area (Å²) in [6.45, 7) is 3.25. The van der Waals surface area contributed by atoms with E-state index >= 15 is 0 Å². The third-order valence-corrected chi connectivity index (χ3v) is 8.00. The Hall–Kier alpha value is -3.99. The molecule has 0 aliphatic carbocycles. The Balaban J connectivity index is 1.30. The Morgan fingerprint density at radius 3 is 2.49 bits per heavy atom. The summed E-state index contributed by atoms with van der Waals surface area (Å²) in [6.07, 6.45) is 0. The van der Waals surface area contributed by atoms with Gasteiger partial charge < -0.3 is 14.8 Å². The van der Waals surface area contributed by atoms with E-state index in [4.69, 9.17) is 21.1 Å². The van der Waals surface area contributed by atoms with E-state index in [1.165, 1.54) is 22.7 Å². The SMILES string of the molecule is CCOC(=O)c1c(-c2ccccc2)csc1NC(=O)COC(=O)c1cc2c(C)nn(-c3ccc(Cl)cc3)c2s1. The molecule has 198 valence electrons. The van der Waals surface area contributed by atoms with E-state index in [0.717, 1.165) is 27.2 Å². The van der Waals surface area contributed by atoms with Crippen molar-refractivity contribution in [2.24, 2.45) is 0 Å². The molecule has 0 aliphatic heterocycles. The first-order valence-electron chi connectivity index (χ1n) is 11.9. The molecule has 0 atom stereocenters. The third kappa shape index (κ3) is 5.58. The van der Waals surface area contributed by atoms with Crippen molar-refractivity contribution in [1.82, 2.24) is 9.78 Å². The van der Waals surface area contributed by atoms with E-state index in [1.54, 1.807) is 35.2 Å². The maximum Gasteiger partial charge on any atom is 0.348 e. The van der Waals surface area contributed by atoms with Crippen molar-refractivity contribution in [3.05, 3.63) is 87.2 Å². The number of carbonyl (C=O) groups is 3. The van der Waals surface area contributed by atoms with Crippen LogP contribution in [0.15, 0.2) is 66.0 Å². The summed E-state index contributed by atoms with van der Waals surface area (Å²) in [7, 11) is 0. The highest BCUT2D eigenvalue weighted by Gasteiger charge is 2.24. The third-order valence-electron chi connectivity index (χ3n) is 5.76. The average molecular weight is 580 g/mol. The van der Waals surface area contributed by atoms with Gasteiger partial charge in [0.2, 0.25) is 0 Å². The molecule has 5 aromatic rings. The first-order valence-corrected chi connectivity index (χ1v) is 14.0. The van der Waals surface area contributed by atoms with Gasteiger partial charge in [0.05, 0.1) is 18.0 Å². The molecular formula is C28H22ClN3O5S2. The molecule has 0 unspecified atom stereocenters. The molecule has 39 heavy (non-hydrogen) atoms. The quantitative estimate of drug-likeness (QED) is 0.204. The topological polar surface area (TPSA) is 99.5 Å². The molecule has 11 heteroatoms. The van der Waals surface area contributed by atoms with Gasteiger partial charge in [0.1, 0.15) is 20.3 Å². The first-order chi connectivity index (χ1) is 18.9. The molecule has 0 radical (unpaired) electrons. The minimum absolute atomic E-state index is 0.193. The van der Waals surface area contributed by atoms with Crippen molar-refractivity contribution in [3.63, 3.8) is 0 Å². The molecule has 3 heterocycles. The van der Waals surface area contributed by atoms with Crippen LogP contribution in [-0.2, 0) is 14.3 Å². The lowest BCUT2D eigenvalue weighted by Gasteiger charge is -2.09. The Labute approximate surface area is 236 Å². The van der Waals surface area contributed by atoms with Gasteiger partial charge >= 0.3 is 11.9 Å². The highest BCUT2D eigenvalue weighted by Crippen LogP contribution is 2.36. The summed E-state index contributed by atoms with van der Waals surface area (Å²) in [5, 5.41) is 10.8. The van der Waals surface area contributed by atoms with Gasteiger partial charge in [-0.15, -0.1) is 22.7 Å². The lowest BCUT2D eigenvalue weighted by atomic mass is 10.0. The Kier molecular flexibility index (Phi) is 7.78. The van der Waals surface area contributed by atoms with Crippen LogP contribution >= 0.6 is 34.3 Å². The number of anilines is 1. The number of thiophene rings is 2. The molecule has 3 aromatic heterocycles. The van der Waals surface area contributed by atoms with Crippen LogP contribution in [0.25, 0.3) is 27.0 Å². The van der Waals surface area contributed by atoms with Crippen LogP contribution in [-0.4, -0.2) is 40.8 Å². The molecule has 2 aromatic carbocycles. The van der Waals surface area contributed by atoms with E-state index < -0.39 is 24.5 Å². The standard InChI is InChI=1S/C28H22ClN3O5S2/c1-3-36-28(35)24-21(17-7-5-4-6-8-17)15-38-25(24)30-23(33)14-37-27(34)22-13-20-16(2)31-32(26(20)39-22)19-11-9-18(29)10-12-19/h4-13,15H,3,14H2,1-2H3,(H,30,33). The van der Waals surface area contributed by atoms with Crippen LogP contribution < -0.4 is 5.32 Å². The van der Waals surface area contributed by atoms with Crippen LogP contribution in [0.2, 0.25) is 5.02 Å². The molecule has 0 saturated heterocycles. The molecule has 8 nitrogen and oxygen atoms in total. The van der Waals surface area contributed by atoms with Gasteiger partial charge in [0, 0.05) is 21.4 Å². The first kappa shape index (κ1) is 26.6. The lowest BCUT2D eigenvalue weighted by Crippen LogP contribution is -2.21. The van der Waals surface area contributed by atoms with Crippen LogP contribution in [0.1, 0.15) is 32.6 Å². The van der Waals surface area contributed by atoms with E-state index in [-0.39, 0.29) is 12.2 Å². The second-order valence-electron chi connectivity index (χ2n) is 8.37. The minimum Gasteiger partial charge on any atom is -0.462 e. The molecule has 0 bridgehead atoms. The van der Waals surface area contributed by atoms with E-state index in [2.05, 4.69) is 10.4 Å². The highest BCUT2D eigenvalue weighted by molar-refractivity contribution is 7.20. The minimum atomic E-state index is -0.629. The van der Waals surface area contributed by atoms with Crippen molar-refractivity contribution in [1.29, 1.82) is 0 Å². The largest absolute Gasteiger partial charge is 0.462 e. The van der Waals surface area contributed by atoms with E-state index in [0.29, 0.717) is 20.5 Å². The second-order valence-corrected chi connectivity index (χ2v) is 10.7. The number of nitrogens with zero attached hydrogens (tertiary/aromatic N) is 2. The smallest absolute Gasteiger partial charge is 0.348 e. The molecule has 0 saturated carbocycles. The number of carbonyl (C=O) groups excluding carboxylic acids is 3. The van der Waals surface area contributed by atoms with Crippen molar-refractivity contribution >= 4 is 67.3 Å². The van der Waals surface area contributed by atoms with Gasteiger partial charge in [-0.2, -0.15) is 5.10 Å². The molecule has 0 spiro atoms. The predicted molar refractivity (Wildman–Crippen MR) is 153 cm³/mol. The Morgan fingerprint density at radius 2 is 1.77 bits per heavy atom. The van der Waals surface area contributed by atoms with Gasteiger partial charge in [-0.1, -0.05) is 41.9 Å². The molecule has 0 aliphatic rings. The van der Waals surface area contributed by atoms with Crippen molar-refractivity contribution < 1.29 is 23.9 Å². The molecule has 5 rings (SSSR count). The second kappa shape index (κ2) is 11.4. The number of esters is 2. The summed E-state index contributed by atoms with van der Waals surface area (Å²) in [5.74, 6) is -1.74. The zero-order valence-corrected chi connectivity index (χ0v) is 23.3. The number of fused-ring (bicyclic) bond motifs is 1. The number of amides is 1. The fourth-order valence-electron chi connectivity index (χ4n) is 3.96. The van der Waals surface area contributed by atoms with Crippen molar-refractivity contribution in [3.8, 4) is 16.8 Å². The van der Waals surface area contributed by atoms with Gasteiger partial charge in [0.25, 0.3) is 5.91 Å². The number of halogens is 1. The average Bonchev–Trinajstić information content (AvgIpc) is 3.63. The number of aryl methyl sites for hydroxylation is 1. The van der Waals surface area contributed by atoms with Crippen LogP contribution in [0.3, 0.4) is 0 Å². The fraction of sp³-hybridized carbons (Fsp3) is 0.143. The van der Waals surface area contributed by atoms with Gasteiger partial charge in [0.15, 0.2) is 6.61 Å². The fourth-order valence-corrected chi connectivity index (χ4v) is 6.13. The molecule has 0 fully saturated rings. The molecule has 1 N–H and O–H groups in total. The van der Waals surface area contributed by atoms with Gasteiger partial charge in [-0.3, -0.25) is 4.79 Å². The van der Waals surface area contributed by atoms with Crippen molar-refractivity contribution in [2.75, 3.05) is 18.5 Å². The predicted octanol–water partition coefficient (Wildman–Crippen LogP) is 6.75. The Morgan fingerprint density at radius 1 is 1.03 bits per heavy atom.